The minimum atomic E-state index is -1.11. The van der Waals surface area contributed by atoms with Crippen molar-refractivity contribution in [3.8, 4) is 0 Å². The second-order valence-corrected chi connectivity index (χ2v) is 2.10. The topological polar surface area (TPSA) is 86.5 Å². The number of ketones is 2. The van der Waals surface area contributed by atoms with E-state index < -0.39 is 11.9 Å². The van der Waals surface area contributed by atoms with E-state index in [2.05, 4.69) is 10.5 Å². The molecule has 0 atom stereocenters. The Kier molecular flexibility index (Phi) is 3.69. The van der Waals surface area contributed by atoms with Crippen LogP contribution in [0.2, 0.25) is 0 Å². The van der Waals surface area contributed by atoms with Gasteiger partial charge in [0.25, 0.3) is 0 Å². The van der Waals surface area contributed by atoms with Crippen LogP contribution in [0.15, 0.2) is 11.8 Å². The first kappa shape index (κ1) is 10.3. The maximum Gasteiger partial charge on any atom is 0.410 e. The molecule has 5 heteroatoms. The summed E-state index contributed by atoms with van der Waals surface area (Å²) >= 11 is 0. The van der Waals surface area contributed by atoms with Crippen LogP contribution in [0.5, 0.6) is 0 Å². The maximum absolute atomic E-state index is 10.7. The van der Waals surface area contributed by atoms with Crippen LogP contribution in [0, 0.1) is 0 Å². The maximum atomic E-state index is 10.7. The molecule has 0 bridgehead atoms. The molecule has 12 heavy (non-hydrogen) atoms. The highest BCUT2D eigenvalue weighted by Crippen LogP contribution is 1.98. The van der Waals surface area contributed by atoms with Gasteiger partial charge >= 0.3 is 6.09 Å². The summed E-state index contributed by atoms with van der Waals surface area (Å²) in [6.45, 7) is 2.39. The van der Waals surface area contributed by atoms with Gasteiger partial charge in [-0.3, -0.25) is 9.59 Å². The van der Waals surface area contributed by atoms with Gasteiger partial charge < -0.3 is 10.5 Å². The number of carbonyl (C=O) groups is 3. The Balaban J connectivity index is 4.55. The average Bonchev–Trinajstić information content (AvgIpc) is 1.83. The second kappa shape index (κ2) is 4.27. The summed E-state index contributed by atoms with van der Waals surface area (Å²) in [5.41, 5.74) is 4.64. The number of hydrogen-bond donors (Lipinski definition) is 1. The Labute approximate surface area is 69.2 Å². The predicted octanol–water partition coefficient (Wildman–Crippen LogP) is 0.144. The molecule has 0 saturated carbocycles. The second-order valence-electron chi connectivity index (χ2n) is 2.10. The van der Waals surface area contributed by atoms with E-state index in [-0.39, 0.29) is 11.5 Å². The fourth-order valence-corrected chi connectivity index (χ4v) is 0.496. The van der Waals surface area contributed by atoms with Crippen LogP contribution in [-0.2, 0) is 14.3 Å². The molecule has 0 aliphatic rings. The molecule has 5 nitrogen and oxygen atoms in total. The van der Waals surface area contributed by atoms with E-state index in [0.29, 0.717) is 0 Å². The third kappa shape index (κ3) is 4.21. The van der Waals surface area contributed by atoms with Crippen molar-refractivity contribution in [2.45, 2.75) is 13.8 Å². The molecular weight excluding hydrogens is 162 g/mol. The quantitative estimate of drug-likeness (QED) is 0.483. The van der Waals surface area contributed by atoms with Gasteiger partial charge in [-0.15, -0.1) is 0 Å². The van der Waals surface area contributed by atoms with Crippen LogP contribution in [0.4, 0.5) is 4.79 Å². The van der Waals surface area contributed by atoms with Crippen molar-refractivity contribution in [1.82, 2.24) is 0 Å². The number of primary amides is 1. The zero-order chi connectivity index (χ0) is 9.72. The molecule has 0 saturated heterocycles. The molecule has 0 fully saturated rings. The first-order chi connectivity index (χ1) is 5.43. The van der Waals surface area contributed by atoms with E-state index >= 15 is 0 Å². The van der Waals surface area contributed by atoms with E-state index in [4.69, 9.17) is 0 Å². The smallest absolute Gasteiger partial charge is 0.407 e. The summed E-state index contributed by atoms with van der Waals surface area (Å²) in [7, 11) is 0. The number of hydrogen-bond acceptors (Lipinski definition) is 4. The van der Waals surface area contributed by atoms with Crippen LogP contribution in [-0.4, -0.2) is 17.7 Å². The number of nitrogens with two attached hydrogens (primary N) is 1. The van der Waals surface area contributed by atoms with Crippen LogP contribution < -0.4 is 5.73 Å². The Morgan fingerprint density at radius 1 is 1.25 bits per heavy atom. The summed E-state index contributed by atoms with van der Waals surface area (Å²) in [5.74, 6) is -1.25. The van der Waals surface area contributed by atoms with Crippen molar-refractivity contribution in [2.24, 2.45) is 5.73 Å². The van der Waals surface area contributed by atoms with Gasteiger partial charge in [-0.2, -0.15) is 0 Å². The van der Waals surface area contributed by atoms with Gasteiger partial charge in [0.1, 0.15) is 0 Å². The van der Waals surface area contributed by atoms with Gasteiger partial charge in [-0.25, -0.2) is 4.79 Å². The van der Waals surface area contributed by atoms with Gasteiger partial charge in [-0.05, 0) is 6.92 Å². The Morgan fingerprint density at radius 2 is 1.75 bits per heavy atom. The van der Waals surface area contributed by atoms with Gasteiger partial charge in [0.05, 0.1) is 0 Å². The van der Waals surface area contributed by atoms with E-state index in [0.717, 1.165) is 13.0 Å². The number of rotatable bonds is 3. The highest BCUT2D eigenvalue weighted by molar-refractivity contribution is 6.00. The summed E-state index contributed by atoms with van der Waals surface area (Å²) < 4.78 is 4.25. The average molecular weight is 171 g/mol. The SMILES string of the molecule is CC(=O)C=C(OC(N)=O)C(C)=O. The Bertz CT molecular complexity index is 254. The molecule has 66 valence electrons. The molecule has 2 N–H and O–H groups in total. The lowest BCUT2D eigenvalue weighted by atomic mass is 10.3. The molecule has 0 radical (unpaired) electrons. The van der Waals surface area contributed by atoms with Crippen LogP contribution in [0.3, 0.4) is 0 Å². The zero-order valence-corrected chi connectivity index (χ0v) is 6.79. The zero-order valence-electron chi connectivity index (χ0n) is 6.79. The molecule has 0 unspecified atom stereocenters. The fraction of sp³-hybridized carbons (Fsp3) is 0.286. The van der Waals surface area contributed by atoms with Crippen molar-refractivity contribution in [3.05, 3.63) is 11.8 Å². The van der Waals surface area contributed by atoms with Gasteiger partial charge in [0, 0.05) is 13.0 Å². The lowest BCUT2D eigenvalue weighted by Crippen LogP contribution is -2.16. The minimum absolute atomic E-state index is 0.338. The number of Topliss-reactive ketones (excluding diaryl/α,β-unsaturated/α-hetero) is 1. The van der Waals surface area contributed by atoms with Crippen LogP contribution in [0.25, 0.3) is 0 Å². The molecule has 0 spiro atoms. The number of carbonyl (C=O) groups excluding carboxylic acids is 3. The van der Waals surface area contributed by atoms with Gasteiger partial charge in [-0.1, -0.05) is 0 Å². The minimum Gasteiger partial charge on any atom is -0.407 e. The molecule has 0 rings (SSSR count). The monoisotopic (exact) mass is 171 g/mol. The van der Waals surface area contributed by atoms with Gasteiger partial charge in [0.2, 0.25) is 0 Å². The van der Waals surface area contributed by atoms with Crippen molar-refractivity contribution in [1.29, 1.82) is 0 Å². The third-order valence-corrected chi connectivity index (χ3v) is 0.892. The van der Waals surface area contributed by atoms with E-state index in [1.807, 2.05) is 0 Å². The normalized spacial score (nSPS) is 10.7. The lowest BCUT2D eigenvalue weighted by Gasteiger charge is -2.00. The molecule has 0 aromatic rings. The summed E-state index contributed by atoms with van der Waals surface area (Å²) in [6.07, 6.45) is -0.203. The Hall–Kier alpha value is -1.65. The van der Waals surface area contributed by atoms with Crippen molar-refractivity contribution < 1.29 is 19.1 Å². The van der Waals surface area contributed by atoms with Gasteiger partial charge in [0.15, 0.2) is 17.3 Å². The third-order valence-electron chi connectivity index (χ3n) is 0.892. The molecule has 0 aliphatic carbocycles. The summed E-state index contributed by atoms with van der Waals surface area (Å²) in [4.78, 5) is 31.3. The van der Waals surface area contributed by atoms with E-state index in [1.54, 1.807) is 0 Å². The molecule has 0 aliphatic heterocycles. The number of amides is 1. The summed E-state index contributed by atoms with van der Waals surface area (Å²) in [5, 5.41) is 0. The van der Waals surface area contributed by atoms with Crippen molar-refractivity contribution in [3.63, 3.8) is 0 Å². The Morgan fingerprint density at radius 3 is 2.00 bits per heavy atom. The van der Waals surface area contributed by atoms with Crippen LogP contribution >= 0.6 is 0 Å². The first-order valence-corrected chi connectivity index (χ1v) is 3.14. The largest absolute Gasteiger partial charge is 0.410 e. The van der Waals surface area contributed by atoms with Crippen LogP contribution in [0.1, 0.15) is 13.8 Å². The highest BCUT2D eigenvalue weighted by Gasteiger charge is 2.08. The number of allylic oxidation sites excluding steroid dienone is 2. The van der Waals surface area contributed by atoms with Crippen molar-refractivity contribution in [2.75, 3.05) is 0 Å². The number of ether oxygens (including phenoxy) is 1. The van der Waals surface area contributed by atoms with Crippen molar-refractivity contribution >= 4 is 17.7 Å². The van der Waals surface area contributed by atoms with E-state index in [9.17, 15) is 14.4 Å². The molecule has 0 aromatic heterocycles. The standard InChI is InChI=1S/C7H9NO4/c1-4(9)3-6(5(2)10)12-7(8)11/h3H,1-2H3,(H2,8,11). The first-order valence-electron chi connectivity index (χ1n) is 3.14. The highest BCUT2D eigenvalue weighted by atomic mass is 16.6. The predicted molar refractivity (Wildman–Crippen MR) is 40.1 cm³/mol. The molecular formula is C7H9NO4. The summed E-state index contributed by atoms with van der Waals surface area (Å²) in [6, 6.07) is 0. The molecule has 0 heterocycles. The molecule has 0 aromatic carbocycles. The lowest BCUT2D eigenvalue weighted by molar-refractivity contribution is -0.117. The van der Waals surface area contributed by atoms with E-state index in [1.165, 1.54) is 6.92 Å². The molecule has 1 amide bonds. The fourth-order valence-electron chi connectivity index (χ4n) is 0.496.